The first-order chi connectivity index (χ1) is 15.7. The third kappa shape index (κ3) is 14.3. The number of carbonyl (C=O) groups excluding carboxylic acids is 1. The largest absolute Gasteiger partial charge is 0.375 e. The van der Waals surface area contributed by atoms with E-state index in [2.05, 4.69) is 105 Å². The average molecular weight is 516 g/mol. The Morgan fingerprint density at radius 1 is 0.914 bits per heavy atom. The molecule has 5 nitrogen and oxygen atoms in total. The van der Waals surface area contributed by atoms with Crippen LogP contribution >= 0.6 is 11.9 Å². The van der Waals surface area contributed by atoms with Gasteiger partial charge in [0.05, 0.1) is 5.60 Å². The van der Waals surface area contributed by atoms with Crippen LogP contribution in [0.25, 0.3) is 0 Å². The van der Waals surface area contributed by atoms with E-state index in [1.54, 1.807) is 11.9 Å². The van der Waals surface area contributed by atoms with Crippen LogP contribution in [0.15, 0.2) is 0 Å². The Morgan fingerprint density at radius 2 is 1.49 bits per heavy atom. The highest BCUT2D eigenvalue weighted by molar-refractivity contribution is 7.98. The van der Waals surface area contributed by atoms with Crippen LogP contribution in [-0.4, -0.2) is 48.0 Å². The lowest BCUT2D eigenvalue weighted by Crippen LogP contribution is -2.49. The van der Waals surface area contributed by atoms with Gasteiger partial charge in [-0.25, -0.2) is 0 Å². The Bertz CT molecular complexity index is 624. The Balaban J connectivity index is 4.84. The van der Waals surface area contributed by atoms with Gasteiger partial charge in [0.1, 0.15) is 0 Å². The first-order valence-electron chi connectivity index (χ1n) is 13.7. The van der Waals surface area contributed by atoms with Crippen molar-refractivity contribution in [2.24, 2.45) is 16.7 Å². The van der Waals surface area contributed by atoms with Crippen LogP contribution < -0.4 is 15.4 Å². The molecule has 0 aliphatic carbocycles. The molecule has 0 fully saturated rings. The molecule has 0 rings (SSSR count). The summed E-state index contributed by atoms with van der Waals surface area (Å²) in [6.07, 6.45) is 4.63. The van der Waals surface area contributed by atoms with Crippen molar-refractivity contribution >= 4 is 17.9 Å². The Hall–Kier alpha value is -0.300. The van der Waals surface area contributed by atoms with Gasteiger partial charge in [0.25, 0.3) is 0 Å². The highest BCUT2D eigenvalue weighted by atomic mass is 32.2. The summed E-state index contributed by atoms with van der Waals surface area (Å²) in [7, 11) is 1.99. The summed E-state index contributed by atoms with van der Waals surface area (Å²) in [5.74, 6) is 0.150. The lowest BCUT2D eigenvalue weighted by Gasteiger charge is -2.42. The van der Waals surface area contributed by atoms with Crippen LogP contribution in [0.2, 0.25) is 0 Å². The fraction of sp³-hybridized carbons (Fsp3) is 0.966. The molecule has 2 atom stereocenters. The summed E-state index contributed by atoms with van der Waals surface area (Å²) in [5, 5.41) is 6.57. The van der Waals surface area contributed by atoms with Crippen LogP contribution in [0.4, 0.5) is 0 Å². The number of rotatable bonds is 17. The van der Waals surface area contributed by atoms with Crippen LogP contribution in [0.5, 0.6) is 0 Å². The number of hydrogen-bond acceptors (Lipinski definition) is 5. The fourth-order valence-corrected chi connectivity index (χ4v) is 5.16. The number of amides is 1. The molecule has 0 aliphatic rings. The second-order valence-corrected chi connectivity index (χ2v) is 15.7. The molecule has 0 heterocycles. The topological polar surface area (TPSA) is 62.4 Å². The van der Waals surface area contributed by atoms with Crippen molar-refractivity contribution in [2.75, 3.05) is 20.2 Å². The lowest BCUT2D eigenvalue weighted by molar-refractivity contribution is -0.128. The minimum Gasteiger partial charge on any atom is -0.375 e. The van der Waals surface area contributed by atoms with E-state index in [4.69, 9.17) is 4.74 Å². The molecule has 0 radical (unpaired) electrons. The van der Waals surface area contributed by atoms with Crippen LogP contribution in [-0.2, 0) is 9.53 Å². The number of hydrogen-bond donors (Lipinski definition) is 3. The third-order valence-corrected chi connectivity index (χ3v) is 8.58. The summed E-state index contributed by atoms with van der Waals surface area (Å²) in [4.78, 5) is 13.2. The van der Waals surface area contributed by atoms with Gasteiger partial charge < -0.3 is 15.4 Å². The molecular weight excluding hydrogens is 454 g/mol. The van der Waals surface area contributed by atoms with Gasteiger partial charge >= 0.3 is 0 Å². The van der Waals surface area contributed by atoms with E-state index in [1.165, 1.54) is 0 Å². The Labute approximate surface area is 223 Å². The zero-order valence-electron chi connectivity index (χ0n) is 25.8. The fourth-order valence-electron chi connectivity index (χ4n) is 4.27. The molecular formula is C29H61N3O2S. The maximum Gasteiger partial charge on any atom is 0.223 e. The van der Waals surface area contributed by atoms with E-state index < -0.39 is 0 Å². The number of nitrogens with one attached hydrogen (secondary N) is 3. The molecule has 6 heteroatoms. The van der Waals surface area contributed by atoms with Gasteiger partial charge in [-0.3, -0.25) is 9.52 Å². The SMILES string of the molecule is CCC(CC(C)(C)SNC(C)CC(C)(C)C)C(=O)NC(C)(C)CCOC(C)(C)C(C)(C)CCNC. The van der Waals surface area contributed by atoms with Gasteiger partial charge in [0, 0.05) is 28.9 Å². The quantitative estimate of drug-likeness (QED) is 0.183. The average Bonchev–Trinajstić information content (AvgIpc) is 2.67. The smallest absolute Gasteiger partial charge is 0.223 e. The highest BCUT2D eigenvalue weighted by Gasteiger charge is 2.38. The molecule has 210 valence electrons. The molecule has 0 aromatic rings. The maximum atomic E-state index is 13.2. The predicted octanol–water partition coefficient (Wildman–Crippen LogP) is 6.96. The van der Waals surface area contributed by atoms with Crippen molar-refractivity contribution in [3.05, 3.63) is 0 Å². The zero-order chi connectivity index (χ0) is 27.7. The number of carbonyl (C=O) groups is 1. The molecule has 2 unspecified atom stereocenters. The van der Waals surface area contributed by atoms with Crippen molar-refractivity contribution in [1.29, 1.82) is 0 Å². The minimum absolute atomic E-state index is 0.00525. The molecule has 0 spiro atoms. The second-order valence-electron chi connectivity index (χ2n) is 14.2. The standard InChI is InChI=1S/C29H61N3O2S/c1-15-23(21-28(10,11)35-32-22(2)20-25(3,4)5)24(33)31-27(8,9)17-19-34-29(12,13)26(6,7)16-18-30-14/h22-23,30,32H,15-21H2,1-14H3,(H,31,33). The van der Waals surface area contributed by atoms with Crippen molar-refractivity contribution in [1.82, 2.24) is 15.4 Å². The van der Waals surface area contributed by atoms with Gasteiger partial charge in [0.2, 0.25) is 5.91 Å². The monoisotopic (exact) mass is 515 g/mol. The Morgan fingerprint density at radius 3 is 1.97 bits per heavy atom. The van der Waals surface area contributed by atoms with Crippen LogP contribution in [0.1, 0.15) is 122 Å². The van der Waals surface area contributed by atoms with E-state index in [1.807, 2.05) is 7.05 Å². The van der Waals surface area contributed by atoms with E-state index in [9.17, 15) is 4.79 Å². The van der Waals surface area contributed by atoms with Crippen LogP contribution in [0.3, 0.4) is 0 Å². The van der Waals surface area contributed by atoms with Crippen molar-refractivity contribution in [3.63, 3.8) is 0 Å². The summed E-state index contributed by atoms with van der Waals surface area (Å²) >= 11 is 1.78. The second kappa shape index (κ2) is 14.0. The molecule has 35 heavy (non-hydrogen) atoms. The highest BCUT2D eigenvalue weighted by Crippen LogP contribution is 2.37. The lowest BCUT2D eigenvalue weighted by atomic mass is 9.74. The van der Waals surface area contributed by atoms with Crippen molar-refractivity contribution in [2.45, 2.75) is 144 Å². The normalized spacial score (nSPS) is 15.7. The maximum absolute atomic E-state index is 13.2. The molecule has 0 saturated carbocycles. The van der Waals surface area contributed by atoms with Gasteiger partial charge in [-0.1, -0.05) is 53.5 Å². The molecule has 3 N–H and O–H groups in total. The van der Waals surface area contributed by atoms with Gasteiger partial charge in [0.15, 0.2) is 0 Å². The van der Waals surface area contributed by atoms with Gasteiger partial charge in [-0.15, -0.1) is 0 Å². The van der Waals surface area contributed by atoms with E-state index >= 15 is 0 Å². The molecule has 0 aromatic heterocycles. The minimum atomic E-state index is -0.313. The van der Waals surface area contributed by atoms with Gasteiger partial charge in [-0.05, 0) is 105 Å². The van der Waals surface area contributed by atoms with Crippen molar-refractivity contribution < 1.29 is 9.53 Å². The van der Waals surface area contributed by atoms with E-state index in [0.29, 0.717) is 18.1 Å². The van der Waals surface area contributed by atoms with Gasteiger partial charge in [-0.2, -0.15) is 0 Å². The summed E-state index contributed by atoms with van der Waals surface area (Å²) in [6.45, 7) is 30.4. The zero-order valence-corrected chi connectivity index (χ0v) is 26.6. The molecule has 0 aromatic carbocycles. The number of ether oxygens (including phenoxy) is 1. The predicted molar refractivity (Wildman–Crippen MR) is 156 cm³/mol. The summed E-state index contributed by atoms with van der Waals surface area (Å²) in [5.41, 5.74) is -0.199. The summed E-state index contributed by atoms with van der Waals surface area (Å²) in [6, 6.07) is 0.430. The molecule has 0 saturated heterocycles. The first-order valence-corrected chi connectivity index (χ1v) is 14.5. The third-order valence-electron chi connectivity index (χ3n) is 7.34. The Kier molecular flexibility index (Phi) is 13.9. The summed E-state index contributed by atoms with van der Waals surface area (Å²) < 4.78 is 9.97. The molecule has 0 bridgehead atoms. The molecule has 1 amide bonds. The van der Waals surface area contributed by atoms with Crippen molar-refractivity contribution in [3.8, 4) is 0 Å². The van der Waals surface area contributed by atoms with E-state index in [0.717, 1.165) is 38.6 Å². The van der Waals surface area contributed by atoms with E-state index in [-0.39, 0.29) is 33.1 Å². The molecule has 0 aliphatic heterocycles. The first kappa shape index (κ1) is 34.7. The van der Waals surface area contributed by atoms with Crippen LogP contribution in [0, 0.1) is 16.7 Å².